The van der Waals surface area contributed by atoms with Gasteiger partial charge >= 0.3 is 0 Å². The maximum absolute atomic E-state index is 5.23. The predicted octanol–water partition coefficient (Wildman–Crippen LogP) is -0.424. The normalized spacial score (nSPS) is 8.00. The zero-order chi connectivity index (χ0) is 6.62. The second-order valence-corrected chi connectivity index (χ2v) is 7.60. The van der Waals surface area contributed by atoms with Crippen LogP contribution in [0.1, 0.15) is 0 Å². The SMILES string of the molecule is C[Si](C)(C)[C]=C=CCl.[Br-].[Zn]. The van der Waals surface area contributed by atoms with E-state index < -0.39 is 8.07 Å². The monoisotopic (exact) mass is 288 g/mol. The molecule has 0 heterocycles. The first-order valence-corrected chi connectivity index (χ1v) is 6.44. The number of hydrogen-bond donors (Lipinski definition) is 0. The van der Waals surface area contributed by atoms with Gasteiger partial charge < -0.3 is 17.0 Å². The molecule has 0 aromatic rings. The fourth-order valence-electron chi connectivity index (χ4n) is 0.244. The van der Waals surface area contributed by atoms with Crippen molar-refractivity contribution in [2.45, 2.75) is 19.6 Å². The molecule has 1 radical (unpaired) electrons. The zero-order valence-electron chi connectivity index (χ0n) is 6.54. The molecule has 0 aromatic carbocycles. The molecule has 0 bridgehead atoms. The van der Waals surface area contributed by atoms with Crippen molar-refractivity contribution < 1.29 is 36.5 Å². The van der Waals surface area contributed by atoms with E-state index in [9.17, 15) is 0 Å². The molecule has 0 fully saturated rings. The van der Waals surface area contributed by atoms with E-state index in [2.05, 4.69) is 31.1 Å². The topological polar surface area (TPSA) is 0 Å². The first-order chi connectivity index (χ1) is 3.56. The molecule has 0 unspecified atom stereocenters. The van der Waals surface area contributed by atoms with E-state index in [1.165, 1.54) is 5.54 Å². The van der Waals surface area contributed by atoms with Crippen molar-refractivity contribution in [1.29, 1.82) is 0 Å². The Morgan fingerprint density at radius 3 is 1.80 bits per heavy atom. The Morgan fingerprint density at radius 1 is 1.30 bits per heavy atom. The number of halogens is 2. The van der Waals surface area contributed by atoms with Gasteiger partial charge in [-0.05, 0) is 5.70 Å². The summed E-state index contributed by atoms with van der Waals surface area (Å²) in [5.74, 6) is 0. The van der Waals surface area contributed by atoms with Crippen LogP contribution in [0.2, 0.25) is 19.6 Å². The molecular formula is C6H10BrClSiZn-. The quantitative estimate of drug-likeness (QED) is 0.454. The molecule has 0 N–H and O–H groups in total. The van der Waals surface area contributed by atoms with E-state index in [-0.39, 0.29) is 36.5 Å². The van der Waals surface area contributed by atoms with E-state index in [1.54, 1.807) is 0 Å². The predicted molar refractivity (Wildman–Crippen MR) is 40.5 cm³/mol. The number of rotatable bonds is 1. The van der Waals surface area contributed by atoms with Crippen molar-refractivity contribution in [2.75, 3.05) is 0 Å². The summed E-state index contributed by atoms with van der Waals surface area (Å²) in [6, 6.07) is 0. The summed E-state index contributed by atoms with van der Waals surface area (Å²) in [7, 11) is -1.15. The molecule has 0 aromatic heterocycles. The molecule has 4 heteroatoms. The summed E-state index contributed by atoms with van der Waals surface area (Å²) in [4.78, 5) is 0. The fourth-order valence-corrected chi connectivity index (χ4v) is 0.895. The van der Waals surface area contributed by atoms with Gasteiger partial charge in [-0.15, -0.1) is 5.73 Å². The van der Waals surface area contributed by atoms with Crippen LogP contribution in [0.25, 0.3) is 0 Å². The zero-order valence-corrected chi connectivity index (χ0v) is 12.8. The van der Waals surface area contributed by atoms with Crippen molar-refractivity contribution in [1.82, 2.24) is 0 Å². The van der Waals surface area contributed by atoms with Crippen molar-refractivity contribution >= 4 is 19.7 Å². The maximum Gasteiger partial charge on any atom is 0.0882 e. The molecular weight excluding hydrogens is 281 g/mol. The Kier molecular flexibility index (Phi) is 14.2. The van der Waals surface area contributed by atoms with Gasteiger partial charge in [0.1, 0.15) is 0 Å². The van der Waals surface area contributed by atoms with Gasteiger partial charge in [0.25, 0.3) is 0 Å². The molecule has 0 aliphatic rings. The Labute approximate surface area is 92.3 Å². The first kappa shape index (κ1) is 17.3. The summed E-state index contributed by atoms with van der Waals surface area (Å²) >= 11 is 5.23. The fraction of sp³-hybridized carbons (Fsp3) is 0.500. The van der Waals surface area contributed by atoms with E-state index in [4.69, 9.17) is 11.6 Å². The molecule has 0 amide bonds. The van der Waals surface area contributed by atoms with Crippen molar-refractivity contribution in [3.63, 3.8) is 0 Å². The smallest absolute Gasteiger partial charge is 0.0882 e. The van der Waals surface area contributed by atoms with Gasteiger partial charge in [-0.2, -0.15) is 0 Å². The van der Waals surface area contributed by atoms with Gasteiger partial charge in [0.2, 0.25) is 0 Å². The van der Waals surface area contributed by atoms with Crippen LogP contribution in [0.3, 0.4) is 0 Å². The second kappa shape index (κ2) is 8.23. The van der Waals surface area contributed by atoms with Crippen molar-refractivity contribution in [3.05, 3.63) is 17.0 Å². The van der Waals surface area contributed by atoms with Crippen LogP contribution in [0, 0.1) is 5.70 Å². The third-order valence-electron chi connectivity index (χ3n) is 0.502. The van der Waals surface area contributed by atoms with Crippen LogP contribution >= 0.6 is 11.6 Å². The van der Waals surface area contributed by atoms with Crippen LogP contribution in [0.4, 0.5) is 0 Å². The minimum Gasteiger partial charge on any atom is -1.00 e. The van der Waals surface area contributed by atoms with Crippen LogP contribution in [-0.2, 0) is 19.5 Å². The summed E-state index contributed by atoms with van der Waals surface area (Å²) in [6.07, 6.45) is 0. The third-order valence-corrected chi connectivity index (χ3v) is 1.51. The Hall–Kier alpha value is 1.13. The number of hydrogen-bond acceptors (Lipinski definition) is 0. The van der Waals surface area contributed by atoms with E-state index in [0.29, 0.717) is 0 Å². The van der Waals surface area contributed by atoms with E-state index in [0.717, 1.165) is 0 Å². The molecule has 55 valence electrons. The van der Waals surface area contributed by atoms with Gasteiger partial charge in [0.05, 0.1) is 8.07 Å². The maximum atomic E-state index is 5.23. The molecule has 0 aliphatic carbocycles. The van der Waals surface area contributed by atoms with Crippen molar-refractivity contribution in [2.24, 2.45) is 0 Å². The average molecular weight is 291 g/mol. The molecule has 0 aliphatic heterocycles. The van der Waals surface area contributed by atoms with Crippen molar-refractivity contribution in [3.8, 4) is 0 Å². The average Bonchev–Trinajstić information content (AvgIpc) is 1.59. The summed E-state index contributed by atoms with van der Waals surface area (Å²) < 4.78 is 0. The molecule has 0 saturated carbocycles. The van der Waals surface area contributed by atoms with Crippen LogP contribution in [0.5, 0.6) is 0 Å². The van der Waals surface area contributed by atoms with Crippen LogP contribution in [0.15, 0.2) is 11.3 Å². The van der Waals surface area contributed by atoms with Gasteiger partial charge in [0.15, 0.2) is 0 Å². The minimum atomic E-state index is -1.15. The molecule has 0 nitrogen and oxygen atoms in total. The summed E-state index contributed by atoms with van der Waals surface area (Å²) in [5.41, 5.74) is 7.19. The van der Waals surface area contributed by atoms with Crippen LogP contribution < -0.4 is 17.0 Å². The molecule has 0 saturated heterocycles. The third kappa shape index (κ3) is 16.1. The summed E-state index contributed by atoms with van der Waals surface area (Å²) in [5, 5.41) is 0. The molecule has 0 rings (SSSR count). The van der Waals surface area contributed by atoms with Gasteiger partial charge in [0, 0.05) is 25.0 Å². The van der Waals surface area contributed by atoms with Gasteiger partial charge in [-0.25, -0.2) is 0 Å². The van der Waals surface area contributed by atoms with Gasteiger partial charge in [-0.1, -0.05) is 31.2 Å². The van der Waals surface area contributed by atoms with Crippen LogP contribution in [-0.4, -0.2) is 8.07 Å². The van der Waals surface area contributed by atoms with Gasteiger partial charge in [-0.3, -0.25) is 0 Å². The summed E-state index contributed by atoms with van der Waals surface area (Å²) in [6.45, 7) is 6.54. The van der Waals surface area contributed by atoms with E-state index in [1.807, 2.05) is 0 Å². The Balaban J connectivity index is -0.000000245. The Bertz CT molecular complexity index is 124. The second-order valence-electron chi connectivity index (χ2n) is 2.63. The minimum absolute atomic E-state index is 0. The molecule has 10 heavy (non-hydrogen) atoms. The standard InChI is InChI=1S/C6H10ClSi.BrH.Zn/c1-8(2,3)6-4-5-7;;/h5H,1-3H3;1H;/p-1. The molecule has 0 atom stereocenters. The largest absolute Gasteiger partial charge is 1.00 e. The first-order valence-electron chi connectivity index (χ1n) is 2.51. The molecule has 0 spiro atoms. The van der Waals surface area contributed by atoms with E-state index >= 15 is 0 Å². The Morgan fingerprint density at radius 2 is 1.70 bits per heavy atom.